The largest absolute Gasteiger partial charge is 0.395 e. The highest BCUT2D eigenvalue weighted by atomic mass is 16.3. The van der Waals surface area contributed by atoms with E-state index < -0.39 is 0 Å². The summed E-state index contributed by atoms with van der Waals surface area (Å²) in [5.74, 6) is 1.66. The number of anilines is 2. The molecule has 1 saturated heterocycles. The van der Waals surface area contributed by atoms with E-state index in [4.69, 9.17) is 5.11 Å². The summed E-state index contributed by atoms with van der Waals surface area (Å²) < 4.78 is 0. The summed E-state index contributed by atoms with van der Waals surface area (Å²) in [4.78, 5) is 13.4. The van der Waals surface area contributed by atoms with Crippen LogP contribution in [-0.4, -0.2) is 66.4 Å². The molecule has 1 aliphatic heterocycles. The Morgan fingerprint density at radius 2 is 2.11 bits per heavy atom. The van der Waals surface area contributed by atoms with Gasteiger partial charge < -0.3 is 15.3 Å². The molecule has 1 fully saturated rings. The van der Waals surface area contributed by atoms with Crippen molar-refractivity contribution >= 4 is 11.8 Å². The van der Waals surface area contributed by atoms with E-state index in [1.54, 1.807) is 0 Å². The first-order valence-corrected chi connectivity index (χ1v) is 6.84. The first-order valence-electron chi connectivity index (χ1n) is 6.84. The lowest BCUT2D eigenvalue weighted by atomic mass is 10.3. The molecule has 0 radical (unpaired) electrons. The van der Waals surface area contributed by atoms with Gasteiger partial charge >= 0.3 is 0 Å². The zero-order valence-electron chi connectivity index (χ0n) is 11.8. The van der Waals surface area contributed by atoms with Crippen molar-refractivity contribution in [3.63, 3.8) is 0 Å². The molecule has 0 bridgehead atoms. The van der Waals surface area contributed by atoms with Crippen LogP contribution >= 0.6 is 0 Å². The topological polar surface area (TPSA) is 64.5 Å². The monoisotopic (exact) mass is 265 g/mol. The van der Waals surface area contributed by atoms with Crippen molar-refractivity contribution in [2.45, 2.75) is 13.3 Å². The Labute approximate surface area is 114 Å². The smallest absolute Gasteiger partial charge is 0.224 e. The van der Waals surface area contributed by atoms with Crippen LogP contribution in [0.1, 0.15) is 12.1 Å². The Bertz CT molecular complexity index is 412. The van der Waals surface area contributed by atoms with Crippen LogP contribution in [0.25, 0.3) is 0 Å². The lowest BCUT2D eigenvalue weighted by molar-refractivity contribution is 0.204. The van der Waals surface area contributed by atoms with Crippen LogP contribution in [0.2, 0.25) is 0 Å². The highest BCUT2D eigenvalue weighted by Gasteiger charge is 2.16. The predicted molar refractivity (Wildman–Crippen MR) is 76.7 cm³/mol. The second-order valence-corrected chi connectivity index (χ2v) is 4.85. The highest BCUT2D eigenvalue weighted by Crippen LogP contribution is 2.16. The van der Waals surface area contributed by atoms with Crippen LogP contribution in [0.3, 0.4) is 0 Å². The summed E-state index contributed by atoms with van der Waals surface area (Å²) in [5, 5.41) is 12.0. The van der Waals surface area contributed by atoms with Crippen molar-refractivity contribution in [2.75, 3.05) is 56.6 Å². The Kier molecular flexibility index (Phi) is 4.93. The number of hydrogen-bond acceptors (Lipinski definition) is 6. The minimum absolute atomic E-state index is 0.233. The zero-order chi connectivity index (χ0) is 13.7. The average molecular weight is 265 g/mol. The molecule has 2 rings (SSSR count). The van der Waals surface area contributed by atoms with E-state index in [1.165, 1.54) is 0 Å². The third-order valence-electron chi connectivity index (χ3n) is 3.39. The highest BCUT2D eigenvalue weighted by molar-refractivity contribution is 5.44. The van der Waals surface area contributed by atoms with Gasteiger partial charge in [-0.25, -0.2) is 4.98 Å². The molecular weight excluding hydrogens is 242 g/mol. The molecule has 1 aromatic heterocycles. The van der Waals surface area contributed by atoms with Crippen molar-refractivity contribution in [2.24, 2.45) is 0 Å². The van der Waals surface area contributed by atoms with Gasteiger partial charge in [0.05, 0.1) is 6.61 Å². The van der Waals surface area contributed by atoms with Crippen LogP contribution in [0.5, 0.6) is 0 Å². The molecule has 0 saturated carbocycles. The van der Waals surface area contributed by atoms with Crippen molar-refractivity contribution in [1.82, 2.24) is 14.9 Å². The summed E-state index contributed by atoms with van der Waals surface area (Å²) in [6.07, 6.45) is 1.10. The number of rotatable bonds is 4. The van der Waals surface area contributed by atoms with E-state index in [1.807, 2.05) is 20.0 Å². The molecule has 2 heterocycles. The Hall–Kier alpha value is -1.40. The van der Waals surface area contributed by atoms with Gasteiger partial charge in [-0.3, -0.25) is 4.90 Å². The molecule has 1 aliphatic rings. The van der Waals surface area contributed by atoms with E-state index in [9.17, 15) is 0 Å². The van der Waals surface area contributed by atoms with Crippen molar-refractivity contribution in [3.05, 3.63) is 11.8 Å². The molecule has 0 atom stereocenters. The fourth-order valence-corrected chi connectivity index (χ4v) is 2.39. The summed E-state index contributed by atoms with van der Waals surface area (Å²) in [6, 6.07) is 2.03. The normalized spacial score (nSPS) is 17.3. The van der Waals surface area contributed by atoms with Gasteiger partial charge in [-0.05, 0) is 19.9 Å². The van der Waals surface area contributed by atoms with Gasteiger partial charge in [0, 0.05) is 45.0 Å². The lowest BCUT2D eigenvalue weighted by Crippen LogP contribution is -2.32. The molecule has 19 heavy (non-hydrogen) atoms. The molecule has 0 aromatic carbocycles. The predicted octanol–water partition coefficient (Wildman–Crippen LogP) is 0.331. The molecule has 0 unspecified atom stereocenters. The van der Waals surface area contributed by atoms with Gasteiger partial charge in [-0.2, -0.15) is 4.98 Å². The minimum Gasteiger partial charge on any atom is -0.395 e. The molecule has 1 aromatic rings. The molecule has 6 nitrogen and oxygen atoms in total. The number of aryl methyl sites for hydroxylation is 1. The van der Waals surface area contributed by atoms with Crippen LogP contribution in [0.15, 0.2) is 6.07 Å². The number of nitrogens with one attached hydrogen (secondary N) is 1. The number of aliphatic hydroxyl groups is 1. The number of aromatic nitrogens is 2. The van der Waals surface area contributed by atoms with Gasteiger partial charge in [0.25, 0.3) is 0 Å². The molecule has 0 amide bonds. The van der Waals surface area contributed by atoms with Crippen LogP contribution < -0.4 is 10.2 Å². The van der Waals surface area contributed by atoms with Gasteiger partial charge in [0.1, 0.15) is 5.82 Å². The van der Waals surface area contributed by atoms with Gasteiger partial charge in [-0.1, -0.05) is 0 Å². The average Bonchev–Trinajstić information content (AvgIpc) is 2.64. The zero-order valence-corrected chi connectivity index (χ0v) is 11.8. The molecular formula is C13H23N5O. The maximum Gasteiger partial charge on any atom is 0.224 e. The second-order valence-electron chi connectivity index (χ2n) is 4.85. The number of hydrogen-bond donors (Lipinski definition) is 2. The summed E-state index contributed by atoms with van der Waals surface area (Å²) in [6.45, 7) is 6.94. The summed E-state index contributed by atoms with van der Waals surface area (Å²) >= 11 is 0. The molecule has 2 N–H and O–H groups in total. The number of β-amino-alcohol motifs (C(OH)–C–C–N with tert-alkyl or cyclic N) is 1. The van der Waals surface area contributed by atoms with Crippen molar-refractivity contribution < 1.29 is 5.11 Å². The number of nitrogens with zero attached hydrogens (tertiary/aromatic N) is 4. The fourth-order valence-electron chi connectivity index (χ4n) is 2.39. The second kappa shape index (κ2) is 6.68. The van der Waals surface area contributed by atoms with Crippen molar-refractivity contribution in [1.29, 1.82) is 0 Å². The minimum atomic E-state index is 0.233. The molecule has 106 valence electrons. The van der Waals surface area contributed by atoms with Crippen LogP contribution in [-0.2, 0) is 0 Å². The van der Waals surface area contributed by atoms with E-state index in [-0.39, 0.29) is 6.61 Å². The molecule has 6 heteroatoms. The van der Waals surface area contributed by atoms with E-state index in [0.29, 0.717) is 5.95 Å². The molecule has 0 aliphatic carbocycles. The Morgan fingerprint density at radius 3 is 2.84 bits per heavy atom. The third kappa shape index (κ3) is 3.78. The van der Waals surface area contributed by atoms with E-state index in [2.05, 4.69) is 25.1 Å². The summed E-state index contributed by atoms with van der Waals surface area (Å²) in [7, 11) is 1.84. The van der Waals surface area contributed by atoms with E-state index in [0.717, 1.165) is 50.7 Å². The molecule has 0 spiro atoms. The van der Waals surface area contributed by atoms with Crippen LogP contribution in [0.4, 0.5) is 11.8 Å². The number of aliphatic hydroxyl groups excluding tert-OH is 1. The van der Waals surface area contributed by atoms with Gasteiger partial charge in [0.2, 0.25) is 5.95 Å². The SMILES string of the molecule is CNc1nc(C)cc(N2CCCN(CCO)CC2)n1. The first kappa shape index (κ1) is 14.0. The standard InChI is InChI=1S/C13H23N5O/c1-11-10-12(16-13(14-2)15-11)18-5-3-4-17(6-7-18)8-9-19/h10,19H,3-9H2,1-2H3,(H,14,15,16). The van der Waals surface area contributed by atoms with Crippen LogP contribution in [0, 0.1) is 6.92 Å². The Morgan fingerprint density at radius 1 is 1.26 bits per heavy atom. The maximum atomic E-state index is 9.01. The maximum absolute atomic E-state index is 9.01. The quantitative estimate of drug-likeness (QED) is 0.818. The Balaban J connectivity index is 2.07. The van der Waals surface area contributed by atoms with Gasteiger partial charge in [0.15, 0.2) is 0 Å². The first-order chi connectivity index (χ1) is 9.22. The lowest BCUT2D eigenvalue weighted by Gasteiger charge is -2.23. The fraction of sp³-hybridized carbons (Fsp3) is 0.692. The third-order valence-corrected chi connectivity index (χ3v) is 3.39. The van der Waals surface area contributed by atoms with Gasteiger partial charge in [-0.15, -0.1) is 0 Å². The summed E-state index contributed by atoms with van der Waals surface area (Å²) in [5.41, 5.74) is 0.978. The van der Waals surface area contributed by atoms with E-state index >= 15 is 0 Å². The van der Waals surface area contributed by atoms with Crippen molar-refractivity contribution in [3.8, 4) is 0 Å².